The van der Waals surface area contributed by atoms with Crippen LogP contribution in [0.15, 0.2) is 36.7 Å². The van der Waals surface area contributed by atoms with Crippen LogP contribution in [-0.2, 0) is 9.59 Å². The Kier molecular flexibility index (Phi) is 14.0. The molecular formula is C35H52FN7O6. The molecule has 2 N–H and O–H groups in total. The van der Waals surface area contributed by atoms with Gasteiger partial charge in [0, 0.05) is 61.9 Å². The quantitative estimate of drug-likeness (QED) is 0.266. The first-order chi connectivity index (χ1) is 23.0. The Morgan fingerprint density at radius 2 is 1.65 bits per heavy atom. The molecule has 2 fully saturated rings. The number of likely N-dealkylation sites (tertiary alicyclic amines) is 1. The van der Waals surface area contributed by atoms with E-state index in [4.69, 9.17) is 14.9 Å². The van der Waals surface area contributed by atoms with Crippen molar-refractivity contribution in [2.75, 3.05) is 51.7 Å². The molecule has 1 atom stereocenters. The molecule has 0 radical (unpaired) electrons. The lowest BCUT2D eigenvalue weighted by Gasteiger charge is -2.53. The number of hydrogen-bond acceptors (Lipinski definition) is 10. The highest BCUT2D eigenvalue weighted by molar-refractivity contribution is 5.97. The number of carbonyl (C=O) groups excluding carboxylic acids is 1. The summed E-state index contributed by atoms with van der Waals surface area (Å²) in [7, 11) is 4.27. The van der Waals surface area contributed by atoms with Crippen LogP contribution >= 0.6 is 0 Å². The first-order valence-electron chi connectivity index (χ1n) is 16.8. The molecule has 13 nitrogen and oxygen atoms in total. The summed E-state index contributed by atoms with van der Waals surface area (Å²) < 4.78 is 20.5. The van der Waals surface area contributed by atoms with Crippen LogP contribution < -0.4 is 9.64 Å². The predicted octanol–water partition coefficient (Wildman–Crippen LogP) is 4.65. The minimum absolute atomic E-state index is 0.0570. The Hall–Kier alpha value is -4.17. The second-order valence-corrected chi connectivity index (χ2v) is 14.1. The Morgan fingerprint density at radius 1 is 1.02 bits per heavy atom. The van der Waals surface area contributed by atoms with E-state index in [2.05, 4.69) is 57.8 Å². The summed E-state index contributed by atoms with van der Waals surface area (Å²) in [5.41, 5.74) is 0.383. The number of rotatable bonds is 14. The number of nitrogens with zero attached hydrogens (tertiary/aromatic N) is 7. The number of amides is 1. The molecule has 0 unspecified atom stereocenters. The second-order valence-electron chi connectivity index (χ2n) is 14.1. The van der Waals surface area contributed by atoms with Gasteiger partial charge in [-0.25, -0.2) is 19.0 Å². The van der Waals surface area contributed by atoms with Crippen molar-refractivity contribution in [2.24, 2.45) is 11.3 Å². The predicted molar refractivity (Wildman–Crippen MR) is 184 cm³/mol. The Morgan fingerprint density at radius 3 is 2.20 bits per heavy atom. The summed E-state index contributed by atoms with van der Waals surface area (Å²) in [6.45, 7) is 17.4. The molecule has 14 heteroatoms. The fourth-order valence-electron chi connectivity index (χ4n) is 6.73. The van der Waals surface area contributed by atoms with Gasteiger partial charge < -0.3 is 29.6 Å². The number of halogens is 1. The number of aromatic nitrogens is 3. The van der Waals surface area contributed by atoms with Crippen LogP contribution in [0.1, 0.15) is 71.2 Å². The lowest BCUT2D eigenvalue weighted by molar-refractivity contribution is -0.134. The standard InChI is InChI=1S/C31H48FN7O2.C4H4O4/c1-21(2)26(10-9-14-36(7)8)38-18-31(19-38)13-15-37(17-31)28-29(35-34-20-33-28)41-27-12-11-24(32)16-25(27)30(40)39(22(3)4)23(5)6;5-3(6)1-2-4(7)8/h11-12,16,20-23,26H,9-10,13-15,17-19H2,1-8H3;1-2H,(H,5,6)(H,7,8)/b;2-1+/t26-;/m0./s1. The molecular weight excluding hydrogens is 633 g/mol. The van der Waals surface area contributed by atoms with Gasteiger partial charge in [-0.3, -0.25) is 9.69 Å². The van der Waals surface area contributed by atoms with Crippen LogP contribution in [0, 0.1) is 17.2 Å². The zero-order valence-electron chi connectivity index (χ0n) is 30.0. The average molecular weight is 686 g/mol. The SMILES string of the molecule is CC(C)[C@H](CCCN(C)C)N1CC2(CCN(c3ncnnc3Oc3ccc(F)cc3C(=O)N(C(C)C)C(C)C)C2)C1.O=C(O)/C=C/C(=O)O. The Balaban J connectivity index is 0.000000723. The van der Waals surface area contributed by atoms with Crippen molar-refractivity contribution >= 4 is 23.7 Å². The fourth-order valence-corrected chi connectivity index (χ4v) is 6.73. The molecule has 2 aliphatic rings. The monoisotopic (exact) mass is 685 g/mol. The van der Waals surface area contributed by atoms with E-state index in [0.717, 1.165) is 39.1 Å². The van der Waals surface area contributed by atoms with Gasteiger partial charge in [-0.05, 0) is 91.7 Å². The van der Waals surface area contributed by atoms with Crippen molar-refractivity contribution in [3.8, 4) is 11.6 Å². The molecule has 0 bridgehead atoms. The number of carboxylic acids is 2. The van der Waals surface area contributed by atoms with E-state index in [1.807, 2.05) is 27.7 Å². The lowest BCUT2D eigenvalue weighted by Crippen LogP contribution is -2.62. The minimum Gasteiger partial charge on any atom is -0.478 e. The molecule has 49 heavy (non-hydrogen) atoms. The maximum Gasteiger partial charge on any atom is 0.328 e. The van der Waals surface area contributed by atoms with Crippen molar-refractivity contribution in [1.29, 1.82) is 0 Å². The molecule has 1 spiro atoms. The molecule has 1 amide bonds. The molecule has 4 rings (SSSR count). The zero-order chi connectivity index (χ0) is 36.5. The summed E-state index contributed by atoms with van der Waals surface area (Å²) in [6.07, 6.45) is 6.04. The van der Waals surface area contributed by atoms with E-state index in [1.165, 1.54) is 37.4 Å². The molecule has 2 aliphatic heterocycles. The van der Waals surface area contributed by atoms with Crippen molar-refractivity contribution in [3.63, 3.8) is 0 Å². The number of anilines is 1. The van der Waals surface area contributed by atoms with Crippen molar-refractivity contribution in [1.82, 2.24) is 29.9 Å². The van der Waals surface area contributed by atoms with Crippen LogP contribution in [0.25, 0.3) is 0 Å². The normalized spacial score (nSPS) is 16.3. The summed E-state index contributed by atoms with van der Waals surface area (Å²) in [5, 5.41) is 23.8. The number of hydrogen-bond donors (Lipinski definition) is 2. The molecule has 1 aromatic carbocycles. The van der Waals surface area contributed by atoms with Gasteiger partial charge in [0.25, 0.3) is 11.8 Å². The molecule has 2 aromatic rings. The van der Waals surface area contributed by atoms with Gasteiger partial charge in [-0.1, -0.05) is 13.8 Å². The van der Waals surface area contributed by atoms with Crippen LogP contribution in [0.4, 0.5) is 10.2 Å². The minimum atomic E-state index is -1.26. The smallest absolute Gasteiger partial charge is 0.328 e. The Labute approximate surface area is 288 Å². The van der Waals surface area contributed by atoms with Gasteiger partial charge in [0.1, 0.15) is 17.9 Å². The van der Waals surface area contributed by atoms with Gasteiger partial charge >= 0.3 is 11.9 Å². The Bertz CT molecular complexity index is 1440. The number of aliphatic carboxylic acids is 2. The van der Waals surface area contributed by atoms with E-state index in [-0.39, 0.29) is 40.6 Å². The molecule has 3 heterocycles. The lowest BCUT2D eigenvalue weighted by atomic mass is 9.76. The zero-order valence-corrected chi connectivity index (χ0v) is 30.0. The fraction of sp³-hybridized carbons (Fsp3) is 0.600. The number of benzene rings is 1. The number of carboxylic acid groups (broad SMARTS) is 2. The number of ether oxygens (including phenoxy) is 1. The van der Waals surface area contributed by atoms with Gasteiger partial charge in [0.2, 0.25) is 0 Å². The summed E-state index contributed by atoms with van der Waals surface area (Å²) in [4.78, 5) is 46.0. The van der Waals surface area contributed by atoms with Gasteiger partial charge in [-0.2, -0.15) is 0 Å². The average Bonchev–Trinajstić information content (AvgIpc) is 3.44. The first kappa shape index (κ1) is 39.3. The van der Waals surface area contributed by atoms with Gasteiger partial charge in [0.05, 0.1) is 5.56 Å². The molecule has 0 saturated carbocycles. The maximum atomic E-state index is 14.3. The van der Waals surface area contributed by atoms with Crippen LogP contribution in [0.3, 0.4) is 0 Å². The van der Waals surface area contributed by atoms with Crippen LogP contribution in [0.2, 0.25) is 0 Å². The first-order valence-corrected chi connectivity index (χ1v) is 16.8. The summed E-state index contributed by atoms with van der Waals surface area (Å²) in [6, 6.07) is 4.49. The van der Waals surface area contributed by atoms with Crippen molar-refractivity contribution in [2.45, 2.75) is 78.9 Å². The summed E-state index contributed by atoms with van der Waals surface area (Å²) in [5.74, 6) is -1.61. The van der Waals surface area contributed by atoms with Gasteiger partial charge in [0.15, 0.2) is 5.82 Å². The molecule has 1 aromatic heterocycles. The highest BCUT2D eigenvalue weighted by Gasteiger charge is 2.50. The van der Waals surface area contributed by atoms with E-state index >= 15 is 0 Å². The van der Waals surface area contributed by atoms with Gasteiger partial charge in [-0.15, -0.1) is 10.2 Å². The molecule has 2 saturated heterocycles. The van der Waals surface area contributed by atoms with E-state index in [9.17, 15) is 18.8 Å². The molecule has 0 aliphatic carbocycles. The van der Waals surface area contributed by atoms with Crippen molar-refractivity contribution < 1.29 is 33.7 Å². The topological polar surface area (TPSA) is 153 Å². The van der Waals surface area contributed by atoms with E-state index in [1.54, 1.807) is 4.90 Å². The highest BCUT2D eigenvalue weighted by Crippen LogP contribution is 2.44. The van der Waals surface area contributed by atoms with E-state index in [0.29, 0.717) is 29.9 Å². The number of carbonyl (C=O) groups is 3. The third-order valence-corrected chi connectivity index (χ3v) is 8.82. The molecule has 270 valence electrons. The van der Waals surface area contributed by atoms with Crippen LogP contribution in [0.5, 0.6) is 11.6 Å². The second kappa shape index (κ2) is 17.5. The largest absolute Gasteiger partial charge is 0.478 e. The third-order valence-electron chi connectivity index (χ3n) is 8.82. The highest BCUT2D eigenvalue weighted by atomic mass is 19.1. The maximum absolute atomic E-state index is 14.3. The van der Waals surface area contributed by atoms with E-state index < -0.39 is 17.8 Å². The third kappa shape index (κ3) is 10.9. The summed E-state index contributed by atoms with van der Waals surface area (Å²) >= 11 is 0. The van der Waals surface area contributed by atoms with Crippen molar-refractivity contribution in [3.05, 3.63) is 48.1 Å². The van der Waals surface area contributed by atoms with Crippen LogP contribution in [-0.4, -0.2) is 123 Å².